The van der Waals surface area contributed by atoms with Gasteiger partial charge in [-0.3, -0.25) is 9.59 Å². The highest BCUT2D eigenvalue weighted by Gasteiger charge is 2.65. The van der Waals surface area contributed by atoms with Gasteiger partial charge in [0.25, 0.3) is 0 Å². The number of fused-ring (bicyclic) bond motifs is 6. The molecule has 1 saturated heterocycles. The Hall–Kier alpha value is -3.98. The molecule has 2 aromatic rings. The van der Waals surface area contributed by atoms with Crippen LogP contribution in [0.15, 0.2) is 28.7 Å². The predicted molar refractivity (Wildman–Crippen MR) is 213 cm³/mol. The second kappa shape index (κ2) is 14.6. The number of rotatable bonds is 12. The molecule has 0 radical (unpaired) electrons. The third kappa shape index (κ3) is 6.38. The molecule has 292 valence electrons. The molecule has 1 saturated carbocycles. The Morgan fingerprint density at radius 1 is 1.00 bits per heavy atom. The lowest BCUT2D eigenvalue weighted by atomic mass is 9.84. The fraction of sp³-hybridized carbons (Fsp3) is 0.600. The minimum Gasteiger partial charge on any atom is -0.468 e. The molecule has 54 heavy (non-hydrogen) atoms. The van der Waals surface area contributed by atoms with Crippen molar-refractivity contribution >= 4 is 29.7 Å². The van der Waals surface area contributed by atoms with Gasteiger partial charge in [-0.15, -0.1) is 0 Å². The first-order valence-electron chi connectivity index (χ1n) is 20.5. The number of aliphatic hydroxyl groups excluding tert-OH is 1. The molecule has 0 amide bonds. The Bertz CT molecular complexity index is 2060. The van der Waals surface area contributed by atoms with Crippen molar-refractivity contribution in [2.45, 2.75) is 119 Å². The summed E-state index contributed by atoms with van der Waals surface area (Å²) in [5, 5.41) is 21.9. The molecule has 5 heterocycles. The van der Waals surface area contributed by atoms with E-state index in [4.69, 9.17) is 9.47 Å². The predicted octanol–water partition coefficient (Wildman–Crippen LogP) is 6.49. The summed E-state index contributed by atoms with van der Waals surface area (Å²) in [4.78, 5) is 34.3. The Morgan fingerprint density at radius 3 is 2.46 bits per heavy atom. The van der Waals surface area contributed by atoms with Crippen molar-refractivity contribution in [3.05, 3.63) is 73.1 Å². The van der Waals surface area contributed by atoms with Crippen LogP contribution < -0.4 is 21.3 Å². The largest absolute Gasteiger partial charge is 0.468 e. The van der Waals surface area contributed by atoms with Crippen LogP contribution in [0.4, 0.5) is 0 Å². The number of methoxy groups -OCH3 is 1. The summed E-state index contributed by atoms with van der Waals surface area (Å²) >= 11 is 0. The van der Waals surface area contributed by atoms with Crippen LogP contribution in [0.5, 0.6) is 0 Å². The molecule has 2 aromatic heterocycles. The van der Waals surface area contributed by atoms with E-state index in [0.29, 0.717) is 42.3 Å². The number of aromatic amines is 2. The topological polar surface area (TPSA) is 128 Å². The van der Waals surface area contributed by atoms with Crippen LogP contribution in [0.3, 0.4) is 0 Å². The molecule has 9 nitrogen and oxygen atoms in total. The van der Waals surface area contributed by atoms with Crippen LogP contribution >= 0.6 is 0 Å². The number of H-pyrrole nitrogens is 2. The summed E-state index contributed by atoms with van der Waals surface area (Å²) in [6.45, 7) is 20.3. The van der Waals surface area contributed by atoms with Gasteiger partial charge in [0.2, 0.25) is 0 Å². The number of hydrogen-bond acceptors (Lipinski definition) is 7. The lowest BCUT2D eigenvalue weighted by Gasteiger charge is -2.21. The minimum absolute atomic E-state index is 0.00910. The molecule has 1 unspecified atom stereocenters. The van der Waals surface area contributed by atoms with E-state index in [1.807, 2.05) is 6.92 Å². The fourth-order valence-corrected chi connectivity index (χ4v) is 10.3. The van der Waals surface area contributed by atoms with Gasteiger partial charge in [0.1, 0.15) is 5.92 Å². The SMILES string of the molecule is CCc1c(C)/c2[nH]/c1=C\c1[nH]c3c(c1C)[C@H](O)[C@H](C(=O)OC)/C3=C1/N/C(=C\C3=C(C)[C@H]4[C@@H](C)[C@@]4(\C=2)N3)[C@H](C)[C@H]1CCC(=O)OCCC(C)CCCC(C)C. The van der Waals surface area contributed by atoms with Gasteiger partial charge in [0.05, 0.1) is 31.1 Å². The van der Waals surface area contributed by atoms with Crippen molar-refractivity contribution in [2.75, 3.05) is 13.7 Å². The Labute approximate surface area is 320 Å². The van der Waals surface area contributed by atoms with Crippen molar-refractivity contribution in [1.29, 1.82) is 0 Å². The number of carbonyl (C=O) groups excluding carboxylic acids is 2. The highest BCUT2D eigenvalue weighted by molar-refractivity contribution is 5.95. The normalized spacial score (nSPS) is 31.8. The fourth-order valence-electron chi connectivity index (χ4n) is 10.3. The summed E-state index contributed by atoms with van der Waals surface area (Å²) < 4.78 is 11.1. The Balaban J connectivity index is 1.29. The molecule has 9 heteroatoms. The van der Waals surface area contributed by atoms with Gasteiger partial charge in [-0.05, 0) is 98.3 Å². The average Bonchev–Trinajstić information content (AvgIpc) is 3.59. The summed E-state index contributed by atoms with van der Waals surface area (Å²) in [5.74, 6) is 0.360. The molecule has 2 fully saturated rings. The average molecular weight is 739 g/mol. The summed E-state index contributed by atoms with van der Waals surface area (Å²) in [5.41, 5.74) is 10.7. The second-order valence-corrected chi connectivity index (χ2v) is 17.4. The van der Waals surface area contributed by atoms with E-state index in [0.717, 1.165) is 69.6 Å². The molecule has 7 rings (SSSR count). The van der Waals surface area contributed by atoms with Crippen LogP contribution in [0, 0.1) is 55.3 Å². The molecule has 5 aliphatic rings. The molecule has 0 aromatic carbocycles. The first kappa shape index (κ1) is 38.3. The lowest BCUT2D eigenvalue weighted by molar-refractivity contribution is -0.146. The van der Waals surface area contributed by atoms with Crippen molar-refractivity contribution in [1.82, 2.24) is 20.6 Å². The monoisotopic (exact) mass is 738 g/mol. The van der Waals surface area contributed by atoms with Crippen molar-refractivity contribution in [2.24, 2.45) is 41.4 Å². The van der Waals surface area contributed by atoms with Gasteiger partial charge in [0.15, 0.2) is 0 Å². The van der Waals surface area contributed by atoms with E-state index in [9.17, 15) is 14.7 Å². The molecule has 8 bridgehead atoms. The molecule has 1 spiro atoms. The van der Waals surface area contributed by atoms with Gasteiger partial charge >= 0.3 is 11.9 Å². The Morgan fingerprint density at radius 2 is 1.76 bits per heavy atom. The quantitative estimate of drug-likeness (QED) is 0.158. The second-order valence-electron chi connectivity index (χ2n) is 17.4. The number of allylic oxidation sites excluding steroid dienone is 3. The van der Waals surface area contributed by atoms with Crippen LogP contribution in [0.2, 0.25) is 0 Å². The molecule has 5 N–H and O–H groups in total. The maximum absolute atomic E-state index is 13.6. The minimum atomic E-state index is -1.08. The molecular weight excluding hydrogens is 677 g/mol. The lowest BCUT2D eigenvalue weighted by Crippen LogP contribution is -2.31. The van der Waals surface area contributed by atoms with Gasteiger partial charge in [-0.1, -0.05) is 60.8 Å². The molecule has 3 aliphatic heterocycles. The first-order chi connectivity index (χ1) is 25.7. The third-order valence-electron chi connectivity index (χ3n) is 13.7. The highest BCUT2D eigenvalue weighted by atomic mass is 16.5. The number of ether oxygens (including phenoxy) is 2. The molecule has 2 aliphatic carbocycles. The van der Waals surface area contributed by atoms with Gasteiger partial charge in [-0.25, -0.2) is 0 Å². The highest BCUT2D eigenvalue weighted by Crippen LogP contribution is 2.61. The van der Waals surface area contributed by atoms with Gasteiger partial charge in [-0.2, -0.15) is 0 Å². The van der Waals surface area contributed by atoms with Crippen LogP contribution in [0.1, 0.15) is 127 Å². The number of carbonyl (C=O) groups is 2. The molecular formula is C45H62N4O5. The standard InChI is InChI=1S/C45H62N4O5/c1-11-29-24(5)35-21-45-28(9)40(45)27(8)33(49-45)19-31-25(6)30(15-16-36(50)54-18-17-23(4)14-12-13-22(2)3)41(47-31)38-39(44(52)53-10)43(51)37-26(7)32(48-42(37)38)20-34(29)46-35/h19-23,25,28,30,39-40,43,46-49,51H,11-18H2,1-10H3/b31-19-,34-20-,35-21-,41-38-/t23?,25-,28-,30-,39-,40+,43+,45-/m1/s1. The Kier molecular flexibility index (Phi) is 10.3. The number of aromatic nitrogens is 2. The zero-order chi connectivity index (χ0) is 38.8. The summed E-state index contributed by atoms with van der Waals surface area (Å²) in [6, 6.07) is 0. The van der Waals surface area contributed by atoms with Crippen LogP contribution in [-0.2, 0) is 25.5 Å². The van der Waals surface area contributed by atoms with E-state index in [1.165, 1.54) is 36.7 Å². The van der Waals surface area contributed by atoms with E-state index < -0.39 is 18.0 Å². The van der Waals surface area contributed by atoms with E-state index in [2.05, 4.69) is 94.2 Å². The van der Waals surface area contributed by atoms with Gasteiger partial charge in [0, 0.05) is 68.8 Å². The first-order valence-corrected chi connectivity index (χ1v) is 20.5. The maximum atomic E-state index is 13.6. The van der Waals surface area contributed by atoms with Crippen molar-refractivity contribution in [3.8, 4) is 0 Å². The van der Waals surface area contributed by atoms with E-state index >= 15 is 0 Å². The number of hydrogen-bond donors (Lipinski definition) is 5. The summed E-state index contributed by atoms with van der Waals surface area (Å²) in [6.07, 6.45) is 11.8. The molecule has 8 atom stereocenters. The van der Waals surface area contributed by atoms with Crippen molar-refractivity contribution < 1.29 is 24.2 Å². The number of aliphatic hydroxyl groups is 1. The number of nitrogens with one attached hydrogen (secondary N) is 4. The van der Waals surface area contributed by atoms with E-state index in [-0.39, 0.29) is 29.8 Å². The zero-order valence-corrected chi connectivity index (χ0v) is 34.1. The number of esters is 2. The van der Waals surface area contributed by atoms with Crippen LogP contribution in [-0.4, -0.2) is 46.3 Å². The summed E-state index contributed by atoms with van der Waals surface area (Å²) in [7, 11) is 1.38. The van der Waals surface area contributed by atoms with Gasteiger partial charge < -0.3 is 35.2 Å². The third-order valence-corrected chi connectivity index (χ3v) is 13.7. The van der Waals surface area contributed by atoms with Crippen molar-refractivity contribution in [3.63, 3.8) is 0 Å². The zero-order valence-electron chi connectivity index (χ0n) is 34.1. The van der Waals surface area contributed by atoms with E-state index in [1.54, 1.807) is 0 Å². The maximum Gasteiger partial charge on any atom is 0.316 e. The van der Waals surface area contributed by atoms with Crippen LogP contribution in [0.25, 0.3) is 17.7 Å². The smallest absolute Gasteiger partial charge is 0.316 e.